The van der Waals surface area contributed by atoms with Crippen molar-refractivity contribution in [1.82, 2.24) is 9.80 Å². The lowest BCUT2D eigenvalue weighted by atomic mass is 9.81. The highest BCUT2D eigenvalue weighted by molar-refractivity contribution is 5.95. The number of fused-ring (bicyclic) bond motifs is 1. The van der Waals surface area contributed by atoms with Gasteiger partial charge in [0.1, 0.15) is 5.41 Å². The predicted molar refractivity (Wildman–Crippen MR) is 104 cm³/mol. The zero-order chi connectivity index (χ0) is 19.2. The molecule has 1 aromatic carbocycles. The molecule has 2 heterocycles. The van der Waals surface area contributed by atoms with Gasteiger partial charge in [-0.1, -0.05) is 32.4 Å². The maximum Gasteiger partial charge on any atom is 0.313 e. The number of hydrogen-bond donors (Lipinski definition) is 1. The van der Waals surface area contributed by atoms with Crippen LogP contribution in [0.5, 0.6) is 0 Å². The van der Waals surface area contributed by atoms with Gasteiger partial charge in [0.15, 0.2) is 0 Å². The van der Waals surface area contributed by atoms with Crippen LogP contribution < -0.4 is 0 Å². The lowest BCUT2D eigenvalue weighted by molar-refractivity contribution is -0.148. The third kappa shape index (κ3) is 3.27. The Morgan fingerprint density at radius 2 is 1.85 bits per heavy atom. The van der Waals surface area contributed by atoms with Crippen molar-refractivity contribution in [3.63, 3.8) is 0 Å². The molecule has 0 spiro atoms. The number of carboxylic acid groups (broad SMARTS) is 1. The lowest BCUT2D eigenvalue weighted by Gasteiger charge is -2.31. The number of rotatable bonds is 5. The van der Waals surface area contributed by atoms with E-state index >= 15 is 0 Å². The van der Waals surface area contributed by atoms with Crippen molar-refractivity contribution >= 4 is 11.9 Å². The lowest BCUT2D eigenvalue weighted by Crippen LogP contribution is -2.43. The van der Waals surface area contributed by atoms with Crippen molar-refractivity contribution in [1.29, 1.82) is 0 Å². The number of hydrogen-bond acceptors (Lipinski definition) is 3. The van der Waals surface area contributed by atoms with Gasteiger partial charge >= 0.3 is 5.97 Å². The molecule has 27 heavy (non-hydrogen) atoms. The molecular formula is C22H30N2O3. The SMILES string of the molecule is CC(C)c1ccc(C(=O)N2C[C@H]3CN(CC4CCC4)C[C@@]3(C(=O)O)C2)cc1. The first-order chi connectivity index (χ1) is 12.9. The predicted octanol–water partition coefficient (Wildman–Crippen LogP) is 3.07. The molecule has 0 bridgehead atoms. The smallest absolute Gasteiger partial charge is 0.313 e. The second-order valence-corrected chi connectivity index (χ2v) is 9.11. The van der Waals surface area contributed by atoms with Crippen molar-refractivity contribution in [2.45, 2.75) is 39.0 Å². The minimum absolute atomic E-state index is 0.0361. The fraction of sp³-hybridized carbons (Fsp3) is 0.636. The molecule has 3 aliphatic rings. The van der Waals surface area contributed by atoms with Crippen LogP contribution in [0, 0.1) is 17.3 Å². The molecule has 2 saturated heterocycles. The minimum Gasteiger partial charge on any atom is -0.481 e. The van der Waals surface area contributed by atoms with Crippen LogP contribution in [-0.2, 0) is 4.79 Å². The monoisotopic (exact) mass is 370 g/mol. The van der Waals surface area contributed by atoms with E-state index in [1.165, 1.54) is 24.8 Å². The third-order valence-corrected chi connectivity index (χ3v) is 6.96. The van der Waals surface area contributed by atoms with Crippen LogP contribution in [0.3, 0.4) is 0 Å². The normalized spacial score (nSPS) is 28.4. The summed E-state index contributed by atoms with van der Waals surface area (Å²) in [5.74, 6) is 0.429. The van der Waals surface area contributed by atoms with Gasteiger partial charge in [0.05, 0.1) is 0 Å². The summed E-state index contributed by atoms with van der Waals surface area (Å²) >= 11 is 0. The fourth-order valence-electron chi connectivity index (χ4n) is 5.00. The molecule has 1 N–H and O–H groups in total. The van der Waals surface area contributed by atoms with Gasteiger partial charge in [-0.2, -0.15) is 0 Å². The summed E-state index contributed by atoms with van der Waals surface area (Å²) in [6.45, 7) is 7.56. The highest BCUT2D eigenvalue weighted by Gasteiger charge is 2.58. The second kappa shape index (κ2) is 6.93. The topological polar surface area (TPSA) is 60.9 Å². The van der Waals surface area contributed by atoms with Crippen LogP contribution in [0.2, 0.25) is 0 Å². The summed E-state index contributed by atoms with van der Waals surface area (Å²) < 4.78 is 0. The van der Waals surface area contributed by atoms with E-state index in [-0.39, 0.29) is 11.8 Å². The van der Waals surface area contributed by atoms with Gasteiger partial charge in [-0.05, 0) is 42.4 Å². The zero-order valence-electron chi connectivity index (χ0n) is 16.4. The molecule has 1 aromatic rings. The van der Waals surface area contributed by atoms with E-state index in [1.807, 2.05) is 24.3 Å². The van der Waals surface area contributed by atoms with Crippen molar-refractivity contribution in [3.05, 3.63) is 35.4 Å². The second-order valence-electron chi connectivity index (χ2n) is 9.11. The van der Waals surface area contributed by atoms with Crippen LogP contribution in [0.15, 0.2) is 24.3 Å². The molecule has 1 aliphatic carbocycles. The first-order valence-corrected chi connectivity index (χ1v) is 10.2. The number of carbonyl (C=O) groups is 2. The highest BCUT2D eigenvalue weighted by atomic mass is 16.4. The van der Waals surface area contributed by atoms with Crippen LogP contribution >= 0.6 is 0 Å². The average molecular weight is 370 g/mol. The van der Waals surface area contributed by atoms with E-state index in [0.29, 0.717) is 31.1 Å². The molecule has 4 rings (SSSR count). The number of carbonyl (C=O) groups excluding carboxylic acids is 1. The Hall–Kier alpha value is -1.88. The third-order valence-electron chi connectivity index (χ3n) is 6.96. The van der Waals surface area contributed by atoms with Crippen LogP contribution in [0.25, 0.3) is 0 Å². The Bertz CT molecular complexity index is 726. The molecule has 2 aliphatic heterocycles. The Kier molecular flexibility index (Phi) is 4.75. The molecule has 146 valence electrons. The van der Waals surface area contributed by atoms with E-state index in [1.54, 1.807) is 4.90 Å². The number of likely N-dealkylation sites (tertiary alicyclic amines) is 2. The van der Waals surface area contributed by atoms with Crippen molar-refractivity contribution in [2.24, 2.45) is 17.3 Å². The maximum absolute atomic E-state index is 13.0. The van der Waals surface area contributed by atoms with Gasteiger partial charge < -0.3 is 14.9 Å². The van der Waals surface area contributed by atoms with Gasteiger partial charge in [-0.25, -0.2) is 0 Å². The van der Waals surface area contributed by atoms with E-state index in [2.05, 4.69) is 18.7 Å². The molecule has 1 amide bonds. The Balaban J connectivity index is 1.46. The number of amides is 1. The number of nitrogens with zero attached hydrogens (tertiary/aromatic N) is 2. The summed E-state index contributed by atoms with van der Waals surface area (Å²) in [6, 6.07) is 7.76. The first-order valence-electron chi connectivity index (χ1n) is 10.2. The molecule has 2 atom stereocenters. The van der Waals surface area contributed by atoms with E-state index in [4.69, 9.17) is 0 Å². The Morgan fingerprint density at radius 3 is 2.37 bits per heavy atom. The molecule has 5 nitrogen and oxygen atoms in total. The van der Waals surface area contributed by atoms with Gasteiger partial charge in [-0.3, -0.25) is 9.59 Å². The quantitative estimate of drug-likeness (QED) is 0.865. The molecule has 5 heteroatoms. The van der Waals surface area contributed by atoms with Gasteiger partial charge in [-0.15, -0.1) is 0 Å². The fourth-order valence-corrected chi connectivity index (χ4v) is 5.00. The Labute approximate surface area is 161 Å². The van der Waals surface area contributed by atoms with Crippen LogP contribution in [-0.4, -0.2) is 59.5 Å². The largest absolute Gasteiger partial charge is 0.481 e. The van der Waals surface area contributed by atoms with Crippen LogP contribution in [0.4, 0.5) is 0 Å². The summed E-state index contributed by atoms with van der Waals surface area (Å²) in [7, 11) is 0. The molecule has 1 saturated carbocycles. The number of aliphatic carboxylic acids is 1. The van der Waals surface area contributed by atoms with E-state index in [0.717, 1.165) is 19.0 Å². The van der Waals surface area contributed by atoms with Crippen molar-refractivity contribution < 1.29 is 14.7 Å². The maximum atomic E-state index is 13.0. The van der Waals surface area contributed by atoms with Crippen molar-refractivity contribution in [2.75, 3.05) is 32.7 Å². The summed E-state index contributed by atoms with van der Waals surface area (Å²) in [6.07, 6.45) is 3.86. The molecule has 3 fully saturated rings. The average Bonchev–Trinajstić information content (AvgIpc) is 3.12. The van der Waals surface area contributed by atoms with Crippen LogP contribution in [0.1, 0.15) is 54.9 Å². The number of carboxylic acids is 1. The van der Waals surface area contributed by atoms with E-state index < -0.39 is 11.4 Å². The standard InChI is InChI=1S/C22H30N2O3/c1-15(2)17-6-8-18(9-7-17)20(25)24-12-19-11-23(10-16-4-3-5-16)13-22(19,14-24)21(26)27/h6-9,15-16,19H,3-5,10-14H2,1-2H3,(H,26,27)/t19-,22-/m1/s1. The van der Waals surface area contributed by atoms with Crippen molar-refractivity contribution in [3.8, 4) is 0 Å². The zero-order valence-corrected chi connectivity index (χ0v) is 16.4. The summed E-state index contributed by atoms with van der Waals surface area (Å²) in [4.78, 5) is 29.2. The van der Waals surface area contributed by atoms with Gasteiger partial charge in [0, 0.05) is 44.2 Å². The molecular weight excluding hydrogens is 340 g/mol. The molecule has 0 unspecified atom stereocenters. The Morgan fingerprint density at radius 1 is 1.15 bits per heavy atom. The van der Waals surface area contributed by atoms with Gasteiger partial charge in [0.25, 0.3) is 5.91 Å². The molecule has 0 radical (unpaired) electrons. The van der Waals surface area contributed by atoms with E-state index in [9.17, 15) is 14.7 Å². The summed E-state index contributed by atoms with van der Waals surface area (Å²) in [5.41, 5.74) is 1.07. The highest BCUT2D eigenvalue weighted by Crippen LogP contribution is 2.44. The molecule has 0 aromatic heterocycles. The minimum atomic E-state index is -0.794. The number of benzene rings is 1. The first kappa shape index (κ1) is 18.5. The summed E-state index contributed by atoms with van der Waals surface area (Å²) in [5, 5.41) is 10.0. The van der Waals surface area contributed by atoms with Gasteiger partial charge in [0.2, 0.25) is 0 Å².